The molecule has 1 saturated heterocycles. The van der Waals surface area contributed by atoms with Crippen molar-refractivity contribution in [1.82, 2.24) is 14.9 Å². The monoisotopic (exact) mass is 381 g/mol. The molecular weight excluding hydrogens is 363 g/mol. The van der Waals surface area contributed by atoms with Crippen LogP contribution in [0.1, 0.15) is 6.92 Å². The smallest absolute Gasteiger partial charge is 0.406 e. The van der Waals surface area contributed by atoms with Gasteiger partial charge >= 0.3 is 6.36 Å². The van der Waals surface area contributed by atoms with Gasteiger partial charge in [-0.25, -0.2) is 13.1 Å². The molecule has 7 nitrogen and oxygen atoms in total. The summed E-state index contributed by atoms with van der Waals surface area (Å²) < 4.78 is 66.3. The van der Waals surface area contributed by atoms with Crippen molar-refractivity contribution in [2.45, 2.75) is 24.2 Å². The Bertz CT molecular complexity index is 707. The van der Waals surface area contributed by atoms with Crippen LogP contribution in [0.2, 0.25) is 0 Å². The first-order chi connectivity index (χ1) is 11.6. The van der Waals surface area contributed by atoms with Crippen molar-refractivity contribution in [2.75, 3.05) is 26.2 Å². The van der Waals surface area contributed by atoms with E-state index in [0.29, 0.717) is 19.6 Å². The second-order valence-electron chi connectivity index (χ2n) is 5.54. The Labute approximate surface area is 143 Å². The molecule has 1 aliphatic rings. The fourth-order valence-corrected chi connectivity index (χ4v) is 3.31. The van der Waals surface area contributed by atoms with Crippen LogP contribution in [-0.2, 0) is 14.8 Å². The molecule has 1 aromatic carbocycles. The van der Waals surface area contributed by atoms with E-state index in [1.165, 1.54) is 0 Å². The van der Waals surface area contributed by atoms with Gasteiger partial charge in [-0.15, -0.1) is 13.2 Å². The Morgan fingerprint density at radius 2 is 2.00 bits per heavy atom. The van der Waals surface area contributed by atoms with Gasteiger partial charge in [-0.2, -0.15) is 0 Å². The predicted octanol–water partition coefficient (Wildman–Crippen LogP) is 0.684. The Morgan fingerprint density at radius 3 is 2.56 bits per heavy atom. The fraction of sp³-hybridized carbons (Fsp3) is 0.500. The molecule has 1 atom stereocenters. The van der Waals surface area contributed by atoms with Crippen molar-refractivity contribution in [1.29, 1.82) is 0 Å². The summed E-state index contributed by atoms with van der Waals surface area (Å²) in [5.41, 5.74) is 0. The number of nitrogens with zero attached hydrogens (tertiary/aromatic N) is 1. The summed E-state index contributed by atoms with van der Waals surface area (Å²) in [7, 11) is -4.02. The topological polar surface area (TPSA) is 87.7 Å². The third-order valence-corrected chi connectivity index (χ3v) is 4.92. The largest absolute Gasteiger partial charge is 0.573 e. The molecule has 11 heteroatoms. The molecule has 1 fully saturated rings. The summed E-state index contributed by atoms with van der Waals surface area (Å²) in [6.07, 6.45) is -4.86. The standard InChI is InChI=1S/C14H18F3N3O4S/c1-10-9-20(7-6-18-10)13(21)8-19-25(22,23)12-4-2-11(3-5-12)24-14(15,16)17/h2-5,10,18-19H,6-9H2,1H3. The first-order valence-corrected chi connectivity index (χ1v) is 8.92. The van der Waals surface area contributed by atoms with E-state index in [1.54, 1.807) is 4.90 Å². The number of alkyl halides is 3. The van der Waals surface area contributed by atoms with Crippen LogP contribution in [0, 0.1) is 0 Å². The highest BCUT2D eigenvalue weighted by atomic mass is 32.2. The number of piperazine rings is 1. The zero-order valence-electron chi connectivity index (χ0n) is 13.3. The Hall–Kier alpha value is -1.85. The molecule has 1 heterocycles. The van der Waals surface area contributed by atoms with Gasteiger partial charge in [-0.3, -0.25) is 4.79 Å². The molecule has 0 bridgehead atoms. The molecule has 1 amide bonds. The summed E-state index contributed by atoms with van der Waals surface area (Å²) in [6.45, 7) is 3.07. The SMILES string of the molecule is CC1CN(C(=O)CNS(=O)(=O)c2ccc(OC(F)(F)F)cc2)CCN1. The van der Waals surface area contributed by atoms with Crippen molar-refractivity contribution in [3.63, 3.8) is 0 Å². The van der Waals surface area contributed by atoms with E-state index >= 15 is 0 Å². The molecule has 0 aromatic heterocycles. The molecule has 1 aromatic rings. The van der Waals surface area contributed by atoms with E-state index in [0.717, 1.165) is 24.3 Å². The first kappa shape index (κ1) is 19.5. The number of carbonyl (C=O) groups is 1. The lowest BCUT2D eigenvalue weighted by atomic mass is 10.2. The van der Waals surface area contributed by atoms with Gasteiger partial charge in [-0.05, 0) is 31.2 Å². The van der Waals surface area contributed by atoms with Crippen LogP contribution >= 0.6 is 0 Å². The van der Waals surface area contributed by atoms with E-state index in [1.807, 2.05) is 6.92 Å². The van der Waals surface area contributed by atoms with Crippen LogP contribution in [-0.4, -0.2) is 57.8 Å². The zero-order valence-corrected chi connectivity index (χ0v) is 14.2. The van der Waals surface area contributed by atoms with Gasteiger partial charge in [-0.1, -0.05) is 0 Å². The average molecular weight is 381 g/mol. The van der Waals surface area contributed by atoms with Gasteiger partial charge in [0.1, 0.15) is 5.75 Å². The summed E-state index contributed by atoms with van der Waals surface area (Å²) in [5, 5.41) is 3.16. The normalized spacial score (nSPS) is 18.9. The summed E-state index contributed by atoms with van der Waals surface area (Å²) >= 11 is 0. The number of benzene rings is 1. The van der Waals surface area contributed by atoms with Crippen molar-refractivity contribution in [2.24, 2.45) is 0 Å². The molecule has 2 N–H and O–H groups in total. The number of rotatable bonds is 5. The molecule has 1 aliphatic heterocycles. The number of carbonyl (C=O) groups excluding carboxylic acids is 1. The molecular formula is C14H18F3N3O4S. The average Bonchev–Trinajstić information content (AvgIpc) is 2.51. The van der Waals surface area contributed by atoms with Crippen molar-refractivity contribution in [3.05, 3.63) is 24.3 Å². The van der Waals surface area contributed by atoms with Gasteiger partial charge < -0.3 is 15.0 Å². The van der Waals surface area contributed by atoms with Gasteiger partial charge in [0, 0.05) is 25.7 Å². The van der Waals surface area contributed by atoms with Crippen LogP contribution in [0.3, 0.4) is 0 Å². The highest BCUT2D eigenvalue weighted by Gasteiger charge is 2.31. The van der Waals surface area contributed by atoms with Crippen LogP contribution in [0.15, 0.2) is 29.2 Å². The molecule has 140 valence electrons. The summed E-state index contributed by atoms with van der Waals surface area (Å²) in [4.78, 5) is 13.3. The van der Waals surface area contributed by atoms with Crippen molar-refractivity contribution < 1.29 is 31.1 Å². The summed E-state index contributed by atoms with van der Waals surface area (Å²) in [6, 6.07) is 3.85. The molecule has 0 radical (unpaired) electrons. The van der Waals surface area contributed by atoms with Gasteiger partial charge in [0.2, 0.25) is 15.9 Å². The molecule has 0 spiro atoms. The zero-order chi connectivity index (χ0) is 18.7. The quantitative estimate of drug-likeness (QED) is 0.783. The number of nitrogens with one attached hydrogen (secondary N) is 2. The first-order valence-electron chi connectivity index (χ1n) is 7.43. The Morgan fingerprint density at radius 1 is 1.36 bits per heavy atom. The lowest BCUT2D eigenvalue weighted by Gasteiger charge is -2.31. The van der Waals surface area contributed by atoms with E-state index < -0.39 is 28.7 Å². The molecule has 0 aliphatic carbocycles. The van der Waals surface area contributed by atoms with E-state index in [9.17, 15) is 26.4 Å². The van der Waals surface area contributed by atoms with Crippen molar-refractivity contribution >= 4 is 15.9 Å². The van der Waals surface area contributed by atoms with E-state index in [-0.39, 0.29) is 16.8 Å². The maximum absolute atomic E-state index is 12.1. The highest BCUT2D eigenvalue weighted by molar-refractivity contribution is 7.89. The third kappa shape index (κ3) is 5.87. The predicted molar refractivity (Wildman–Crippen MR) is 82.4 cm³/mol. The molecule has 25 heavy (non-hydrogen) atoms. The number of ether oxygens (including phenoxy) is 1. The van der Waals surface area contributed by atoms with Crippen molar-refractivity contribution in [3.8, 4) is 5.75 Å². The number of hydrogen-bond donors (Lipinski definition) is 2. The molecule has 1 unspecified atom stereocenters. The summed E-state index contributed by atoms with van der Waals surface area (Å²) in [5.74, 6) is -0.897. The second-order valence-corrected chi connectivity index (χ2v) is 7.31. The number of sulfonamides is 1. The Kier molecular flexibility index (Phi) is 5.91. The van der Waals surface area contributed by atoms with E-state index in [4.69, 9.17) is 0 Å². The minimum atomic E-state index is -4.86. The lowest BCUT2D eigenvalue weighted by Crippen LogP contribution is -2.53. The lowest BCUT2D eigenvalue weighted by molar-refractivity contribution is -0.274. The minimum Gasteiger partial charge on any atom is -0.406 e. The second kappa shape index (κ2) is 7.58. The number of hydrogen-bond acceptors (Lipinski definition) is 5. The maximum Gasteiger partial charge on any atom is 0.573 e. The minimum absolute atomic E-state index is 0.121. The van der Waals surface area contributed by atoms with Crippen LogP contribution in [0.4, 0.5) is 13.2 Å². The third-order valence-electron chi connectivity index (χ3n) is 3.50. The van der Waals surface area contributed by atoms with Gasteiger partial charge in [0.25, 0.3) is 0 Å². The van der Waals surface area contributed by atoms with E-state index in [2.05, 4.69) is 14.8 Å². The van der Waals surface area contributed by atoms with Gasteiger partial charge in [0.15, 0.2) is 0 Å². The van der Waals surface area contributed by atoms with Crippen LogP contribution in [0.5, 0.6) is 5.75 Å². The van der Waals surface area contributed by atoms with Gasteiger partial charge in [0.05, 0.1) is 11.4 Å². The fourth-order valence-electron chi connectivity index (χ4n) is 2.33. The van der Waals surface area contributed by atoms with Crippen LogP contribution < -0.4 is 14.8 Å². The molecule has 0 saturated carbocycles. The van der Waals surface area contributed by atoms with Crippen LogP contribution in [0.25, 0.3) is 0 Å². The Balaban J connectivity index is 1.95. The number of amides is 1. The highest BCUT2D eigenvalue weighted by Crippen LogP contribution is 2.23. The maximum atomic E-state index is 12.1. The number of halogens is 3. The molecule has 2 rings (SSSR count).